The van der Waals surface area contributed by atoms with E-state index in [9.17, 15) is 14.0 Å². The summed E-state index contributed by atoms with van der Waals surface area (Å²) in [5.74, 6) is -0.615. The number of carbonyl (C=O) groups is 2. The number of hydrogen-bond donors (Lipinski definition) is 0. The van der Waals surface area contributed by atoms with Gasteiger partial charge in [-0.2, -0.15) is 5.10 Å². The van der Waals surface area contributed by atoms with Crippen LogP contribution >= 0.6 is 11.6 Å². The molecular formula is C22H20ClFN4O2. The average molecular weight is 427 g/mol. The third kappa shape index (κ3) is 4.36. The summed E-state index contributed by atoms with van der Waals surface area (Å²) in [5.41, 5.74) is 1.44. The Morgan fingerprint density at radius 1 is 0.933 bits per heavy atom. The van der Waals surface area contributed by atoms with E-state index in [1.165, 1.54) is 10.7 Å². The zero-order valence-electron chi connectivity index (χ0n) is 16.2. The van der Waals surface area contributed by atoms with Gasteiger partial charge in [0.05, 0.1) is 6.42 Å². The molecule has 8 heteroatoms. The van der Waals surface area contributed by atoms with Crippen LogP contribution in [-0.4, -0.2) is 57.6 Å². The number of hydrogen-bond acceptors (Lipinski definition) is 3. The third-order valence-electron chi connectivity index (χ3n) is 5.10. The molecule has 6 nitrogen and oxygen atoms in total. The van der Waals surface area contributed by atoms with E-state index in [-0.39, 0.29) is 23.2 Å². The van der Waals surface area contributed by atoms with Crippen molar-refractivity contribution in [2.24, 2.45) is 0 Å². The van der Waals surface area contributed by atoms with Gasteiger partial charge in [0.25, 0.3) is 5.91 Å². The first-order chi connectivity index (χ1) is 14.5. The predicted octanol–water partition coefficient (Wildman–Crippen LogP) is 3.19. The molecule has 0 atom stereocenters. The number of halogens is 2. The largest absolute Gasteiger partial charge is 0.339 e. The highest BCUT2D eigenvalue weighted by Gasteiger charge is 2.26. The van der Waals surface area contributed by atoms with Gasteiger partial charge in [0.15, 0.2) is 5.69 Å². The fraction of sp³-hybridized carbons (Fsp3) is 0.227. The lowest BCUT2D eigenvalue weighted by molar-refractivity contribution is -0.131. The van der Waals surface area contributed by atoms with Gasteiger partial charge >= 0.3 is 0 Å². The molecule has 2 aromatic carbocycles. The number of carbonyl (C=O) groups excluding carboxylic acids is 2. The molecule has 1 aliphatic heterocycles. The lowest BCUT2D eigenvalue weighted by Crippen LogP contribution is -2.51. The first-order valence-electron chi connectivity index (χ1n) is 9.63. The second-order valence-corrected chi connectivity index (χ2v) is 7.51. The fourth-order valence-electron chi connectivity index (χ4n) is 3.42. The van der Waals surface area contributed by atoms with Crippen LogP contribution in [0.25, 0.3) is 5.69 Å². The molecule has 1 fully saturated rings. The minimum absolute atomic E-state index is 0.0215. The van der Waals surface area contributed by atoms with Crippen molar-refractivity contribution < 1.29 is 14.0 Å². The van der Waals surface area contributed by atoms with Crippen LogP contribution in [0.1, 0.15) is 16.1 Å². The Bertz CT molecular complexity index is 1060. The van der Waals surface area contributed by atoms with Gasteiger partial charge in [0.1, 0.15) is 11.5 Å². The Morgan fingerprint density at radius 2 is 1.60 bits per heavy atom. The smallest absolute Gasteiger partial charge is 0.274 e. The molecule has 0 N–H and O–H groups in total. The second kappa shape index (κ2) is 8.67. The Kier molecular flexibility index (Phi) is 5.81. The zero-order valence-corrected chi connectivity index (χ0v) is 16.9. The summed E-state index contributed by atoms with van der Waals surface area (Å²) in [4.78, 5) is 28.7. The van der Waals surface area contributed by atoms with E-state index < -0.39 is 5.82 Å². The topological polar surface area (TPSA) is 58.4 Å². The number of aromatic nitrogens is 2. The number of para-hydroxylation sites is 1. The monoisotopic (exact) mass is 426 g/mol. The van der Waals surface area contributed by atoms with Crippen molar-refractivity contribution in [3.05, 3.63) is 82.9 Å². The number of rotatable bonds is 4. The molecule has 3 aromatic rings. The van der Waals surface area contributed by atoms with Crippen LogP contribution in [-0.2, 0) is 11.2 Å². The second-order valence-electron chi connectivity index (χ2n) is 7.07. The molecule has 4 rings (SSSR count). The van der Waals surface area contributed by atoms with Crippen molar-refractivity contribution in [3.63, 3.8) is 0 Å². The van der Waals surface area contributed by atoms with E-state index in [0.29, 0.717) is 37.6 Å². The van der Waals surface area contributed by atoms with Crippen LogP contribution in [0.15, 0.2) is 60.8 Å². The van der Waals surface area contributed by atoms with E-state index in [1.54, 1.807) is 52.4 Å². The average Bonchev–Trinajstić information content (AvgIpc) is 3.25. The summed E-state index contributed by atoms with van der Waals surface area (Å²) in [6.45, 7) is 1.79. The maximum Gasteiger partial charge on any atom is 0.274 e. The summed E-state index contributed by atoms with van der Waals surface area (Å²) in [6.07, 6.45) is 1.87. The van der Waals surface area contributed by atoms with Crippen molar-refractivity contribution in [1.82, 2.24) is 19.6 Å². The van der Waals surface area contributed by atoms with Crippen molar-refractivity contribution in [2.75, 3.05) is 26.2 Å². The Labute approximate surface area is 178 Å². The molecule has 2 amide bonds. The first kappa shape index (κ1) is 20.1. The highest BCUT2D eigenvalue weighted by Crippen LogP contribution is 2.15. The van der Waals surface area contributed by atoms with E-state index >= 15 is 0 Å². The molecule has 0 aliphatic carbocycles. The molecule has 1 aromatic heterocycles. The highest BCUT2D eigenvalue weighted by molar-refractivity contribution is 6.30. The van der Waals surface area contributed by atoms with Crippen LogP contribution in [0.4, 0.5) is 4.39 Å². The summed E-state index contributed by atoms with van der Waals surface area (Å²) >= 11 is 5.88. The van der Waals surface area contributed by atoms with Crippen LogP contribution < -0.4 is 0 Å². The maximum atomic E-state index is 13.9. The molecule has 1 saturated heterocycles. The molecule has 0 saturated carbocycles. The number of piperazine rings is 1. The van der Waals surface area contributed by atoms with Crippen molar-refractivity contribution in [1.29, 1.82) is 0 Å². The number of nitrogens with zero attached hydrogens (tertiary/aromatic N) is 4. The molecule has 30 heavy (non-hydrogen) atoms. The summed E-state index contributed by atoms with van der Waals surface area (Å²) < 4.78 is 15.3. The van der Waals surface area contributed by atoms with Crippen molar-refractivity contribution in [3.8, 4) is 5.69 Å². The molecule has 2 heterocycles. The lowest BCUT2D eigenvalue weighted by atomic mass is 10.1. The van der Waals surface area contributed by atoms with Gasteiger partial charge < -0.3 is 9.80 Å². The van der Waals surface area contributed by atoms with Gasteiger partial charge in [-0.05, 0) is 35.9 Å². The first-order valence-corrected chi connectivity index (χ1v) is 10.0. The van der Waals surface area contributed by atoms with Gasteiger partial charge in [0.2, 0.25) is 5.91 Å². The van der Waals surface area contributed by atoms with Crippen molar-refractivity contribution >= 4 is 23.4 Å². The SMILES string of the molecule is O=C(Cc1ccc(Cl)cc1)N1CCN(C(=O)c2ccn(-c3ccccc3F)n2)CC1. The molecule has 1 aliphatic rings. The summed E-state index contributed by atoms with van der Waals surface area (Å²) in [5, 5.41) is 4.86. The molecule has 0 bridgehead atoms. The third-order valence-corrected chi connectivity index (χ3v) is 5.35. The van der Waals surface area contributed by atoms with Gasteiger partial charge in [-0.25, -0.2) is 9.07 Å². The zero-order chi connectivity index (χ0) is 21.1. The fourth-order valence-corrected chi connectivity index (χ4v) is 3.55. The number of benzene rings is 2. The predicted molar refractivity (Wildman–Crippen MR) is 111 cm³/mol. The normalized spacial score (nSPS) is 14.1. The molecule has 154 valence electrons. The van der Waals surface area contributed by atoms with E-state index in [4.69, 9.17) is 11.6 Å². The molecule has 0 radical (unpaired) electrons. The van der Waals surface area contributed by atoms with Crippen molar-refractivity contribution in [2.45, 2.75) is 6.42 Å². The minimum atomic E-state index is -0.410. The Balaban J connectivity index is 1.35. The van der Waals surface area contributed by atoms with E-state index in [0.717, 1.165) is 5.56 Å². The highest BCUT2D eigenvalue weighted by atomic mass is 35.5. The number of amides is 2. The molecule has 0 spiro atoms. The molecular weight excluding hydrogens is 407 g/mol. The quantitative estimate of drug-likeness (QED) is 0.643. The minimum Gasteiger partial charge on any atom is -0.339 e. The van der Waals surface area contributed by atoms with Crippen LogP contribution in [0, 0.1) is 5.82 Å². The van der Waals surface area contributed by atoms with Gasteiger partial charge in [-0.1, -0.05) is 35.9 Å². The van der Waals surface area contributed by atoms with E-state index in [1.807, 2.05) is 12.1 Å². The van der Waals surface area contributed by atoms with Gasteiger partial charge in [-0.15, -0.1) is 0 Å². The standard InChI is InChI=1S/C22H20ClFN4O2/c23-17-7-5-16(6-8-17)15-21(29)26-11-13-27(14-12-26)22(30)19-9-10-28(25-19)20-4-2-1-3-18(20)24/h1-10H,11-15H2. The lowest BCUT2D eigenvalue weighted by Gasteiger charge is -2.34. The van der Waals surface area contributed by atoms with Gasteiger partial charge in [-0.3, -0.25) is 9.59 Å². The van der Waals surface area contributed by atoms with Crippen LogP contribution in [0.5, 0.6) is 0 Å². The maximum absolute atomic E-state index is 13.9. The summed E-state index contributed by atoms with van der Waals surface area (Å²) in [7, 11) is 0. The molecule has 0 unspecified atom stereocenters. The van der Waals surface area contributed by atoms with Crippen LogP contribution in [0.3, 0.4) is 0 Å². The Hall–Kier alpha value is -3.19. The van der Waals surface area contributed by atoms with E-state index in [2.05, 4.69) is 5.10 Å². The summed E-state index contributed by atoms with van der Waals surface area (Å²) in [6, 6.07) is 15.0. The van der Waals surface area contributed by atoms with Gasteiger partial charge in [0, 0.05) is 37.4 Å². The van der Waals surface area contributed by atoms with Crippen LogP contribution in [0.2, 0.25) is 5.02 Å². The Morgan fingerprint density at radius 3 is 2.30 bits per heavy atom.